The molecule has 1 unspecified atom stereocenters. The highest BCUT2D eigenvalue weighted by atomic mass is 19.4. The molecule has 2 saturated heterocycles. The summed E-state index contributed by atoms with van der Waals surface area (Å²) in [5.74, 6) is -1.19. The van der Waals surface area contributed by atoms with E-state index in [0.29, 0.717) is 63.8 Å². The molecule has 45 heavy (non-hydrogen) atoms. The Morgan fingerprint density at radius 1 is 1.11 bits per heavy atom. The second-order valence-electron chi connectivity index (χ2n) is 12.3. The standard InChI is InChI=1S/C30H35F3N10O2/c31-30(32,33)28-39-21(18-41-9-11-44-12-10-41)13-25(40-28)45-23-2-7-42(8-3-23)22-14-29(15-22,4-5-34)43-17-20(16-38-43)26-24-1-6-35-27(24)37-19-36-26/h1,6,13,16,19-20,22-23H,2-4,7-12,14-15,17-18H2,(H,35,36,37). The first-order chi connectivity index (χ1) is 21.8. The summed E-state index contributed by atoms with van der Waals surface area (Å²) >= 11 is 0. The molecule has 0 bridgehead atoms. The number of nitriles is 1. The first kappa shape index (κ1) is 29.8. The molecular weight excluding hydrogens is 589 g/mol. The molecular formula is C30H35F3N10O2. The summed E-state index contributed by atoms with van der Waals surface area (Å²) in [6.45, 7) is 4.83. The first-order valence-corrected chi connectivity index (χ1v) is 15.4. The minimum atomic E-state index is -4.66. The normalized spacial score (nSPS) is 26.7. The highest BCUT2D eigenvalue weighted by molar-refractivity contribution is 5.83. The molecule has 4 aliphatic rings. The average Bonchev–Trinajstić information content (AvgIpc) is 3.70. The van der Waals surface area contributed by atoms with Crippen LogP contribution in [0.15, 0.2) is 29.8 Å². The molecule has 0 spiro atoms. The van der Waals surface area contributed by atoms with Gasteiger partial charge in [-0.25, -0.2) is 15.0 Å². The molecule has 1 N–H and O–H groups in total. The van der Waals surface area contributed by atoms with Gasteiger partial charge in [-0.3, -0.25) is 14.8 Å². The van der Waals surface area contributed by atoms with Crippen molar-refractivity contribution in [2.75, 3.05) is 45.9 Å². The number of likely N-dealkylation sites (tertiary alicyclic amines) is 1. The largest absolute Gasteiger partial charge is 0.474 e. The van der Waals surface area contributed by atoms with E-state index < -0.39 is 12.0 Å². The van der Waals surface area contributed by atoms with Gasteiger partial charge >= 0.3 is 6.18 Å². The van der Waals surface area contributed by atoms with E-state index in [1.54, 1.807) is 6.33 Å². The number of nitrogens with one attached hydrogen (secondary N) is 1. The van der Waals surface area contributed by atoms with Crippen molar-refractivity contribution >= 4 is 17.2 Å². The minimum Gasteiger partial charge on any atom is -0.474 e. The third kappa shape index (κ3) is 6.18. The van der Waals surface area contributed by atoms with E-state index >= 15 is 0 Å². The van der Waals surface area contributed by atoms with Crippen LogP contribution in [0.2, 0.25) is 0 Å². The van der Waals surface area contributed by atoms with Gasteiger partial charge in [0.05, 0.1) is 55.1 Å². The van der Waals surface area contributed by atoms with Gasteiger partial charge in [0.25, 0.3) is 0 Å². The summed E-state index contributed by atoms with van der Waals surface area (Å²) < 4.78 is 52.2. The molecule has 3 aromatic heterocycles. The van der Waals surface area contributed by atoms with Crippen molar-refractivity contribution < 1.29 is 22.6 Å². The van der Waals surface area contributed by atoms with E-state index in [1.807, 2.05) is 23.4 Å². The third-order valence-electron chi connectivity index (χ3n) is 9.46. The lowest BCUT2D eigenvalue weighted by Gasteiger charge is -2.55. The number of ether oxygens (including phenoxy) is 2. The number of aromatic nitrogens is 5. The molecule has 15 heteroatoms. The topological polar surface area (TPSA) is 132 Å². The van der Waals surface area contributed by atoms with Gasteiger partial charge in [0.1, 0.15) is 18.1 Å². The van der Waals surface area contributed by atoms with E-state index in [1.165, 1.54) is 6.07 Å². The van der Waals surface area contributed by atoms with Crippen molar-refractivity contribution in [3.8, 4) is 11.9 Å². The van der Waals surface area contributed by atoms with Crippen LogP contribution in [0.1, 0.15) is 55.2 Å². The highest BCUT2D eigenvalue weighted by Crippen LogP contribution is 2.46. The molecule has 3 fully saturated rings. The first-order valence-electron chi connectivity index (χ1n) is 15.4. The molecule has 1 atom stereocenters. The number of piperidine rings is 1. The number of hydrazone groups is 1. The molecule has 238 valence electrons. The van der Waals surface area contributed by atoms with Crippen LogP contribution in [0.25, 0.3) is 11.0 Å². The van der Waals surface area contributed by atoms with Crippen LogP contribution in [0.5, 0.6) is 5.88 Å². The Morgan fingerprint density at radius 2 is 1.91 bits per heavy atom. The zero-order valence-corrected chi connectivity index (χ0v) is 24.8. The maximum absolute atomic E-state index is 13.6. The number of nitrogens with zero attached hydrogens (tertiary/aromatic N) is 9. The maximum Gasteiger partial charge on any atom is 0.451 e. The van der Waals surface area contributed by atoms with Crippen LogP contribution in [0.3, 0.4) is 0 Å². The highest BCUT2D eigenvalue weighted by Gasteiger charge is 2.52. The van der Waals surface area contributed by atoms with E-state index in [2.05, 4.69) is 40.9 Å². The van der Waals surface area contributed by atoms with Crippen LogP contribution >= 0.6 is 0 Å². The Balaban J connectivity index is 0.951. The number of morpholine rings is 1. The molecule has 6 heterocycles. The van der Waals surface area contributed by atoms with E-state index in [0.717, 1.165) is 42.7 Å². The predicted molar refractivity (Wildman–Crippen MR) is 156 cm³/mol. The van der Waals surface area contributed by atoms with Crippen LogP contribution < -0.4 is 4.74 Å². The van der Waals surface area contributed by atoms with Crippen molar-refractivity contribution in [2.24, 2.45) is 5.10 Å². The van der Waals surface area contributed by atoms with Gasteiger partial charge in [0.15, 0.2) is 0 Å². The number of aromatic amines is 1. The lowest BCUT2D eigenvalue weighted by atomic mass is 9.69. The van der Waals surface area contributed by atoms with Gasteiger partial charge < -0.3 is 14.5 Å². The van der Waals surface area contributed by atoms with Crippen molar-refractivity contribution in [1.29, 1.82) is 5.26 Å². The fourth-order valence-corrected chi connectivity index (χ4v) is 7.03. The van der Waals surface area contributed by atoms with Gasteiger partial charge in [-0.2, -0.15) is 28.5 Å². The van der Waals surface area contributed by atoms with Crippen LogP contribution in [-0.2, 0) is 17.5 Å². The van der Waals surface area contributed by atoms with Crippen LogP contribution in [0, 0.1) is 11.3 Å². The molecule has 1 aliphatic carbocycles. The summed E-state index contributed by atoms with van der Waals surface area (Å²) in [6, 6.07) is 6.20. The zero-order chi connectivity index (χ0) is 31.0. The fourth-order valence-electron chi connectivity index (χ4n) is 7.03. The van der Waals surface area contributed by atoms with Crippen LogP contribution in [0.4, 0.5) is 13.2 Å². The summed E-state index contributed by atoms with van der Waals surface area (Å²) in [4.78, 5) is 23.9. The number of halogens is 3. The maximum atomic E-state index is 13.6. The Labute approximate surface area is 258 Å². The van der Waals surface area contributed by atoms with Crippen molar-refractivity contribution in [2.45, 2.75) is 68.4 Å². The lowest BCUT2D eigenvalue weighted by molar-refractivity contribution is -0.145. The lowest BCUT2D eigenvalue weighted by Crippen LogP contribution is -2.63. The predicted octanol–water partition coefficient (Wildman–Crippen LogP) is 3.34. The number of alkyl halides is 3. The molecule has 0 aromatic carbocycles. The number of fused-ring (bicyclic) bond motifs is 1. The smallest absolute Gasteiger partial charge is 0.451 e. The Morgan fingerprint density at radius 3 is 2.67 bits per heavy atom. The van der Waals surface area contributed by atoms with E-state index in [9.17, 15) is 18.4 Å². The SMILES string of the molecule is N#CCC1(N2CC(c3ncnc4[nH]ccc34)C=N2)CC(N2CCC(Oc3cc(CN4CCOCC4)nc(C(F)(F)F)n3)CC2)C1. The van der Waals surface area contributed by atoms with Crippen molar-refractivity contribution in [3.05, 3.63) is 41.9 Å². The van der Waals surface area contributed by atoms with Gasteiger partial charge in [-0.1, -0.05) is 0 Å². The molecule has 3 aliphatic heterocycles. The number of H-pyrrole nitrogens is 1. The second kappa shape index (κ2) is 12.1. The molecule has 1 saturated carbocycles. The second-order valence-corrected chi connectivity index (χ2v) is 12.3. The van der Waals surface area contributed by atoms with Gasteiger partial charge in [-0.05, 0) is 31.7 Å². The van der Waals surface area contributed by atoms with E-state index in [-0.39, 0.29) is 30.0 Å². The molecule has 12 nitrogen and oxygen atoms in total. The Kier molecular flexibility index (Phi) is 8.05. The Bertz CT molecular complexity index is 1570. The monoisotopic (exact) mass is 624 g/mol. The van der Waals surface area contributed by atoms with Gasteiger partial charge in [0, 0.05) is 62.6 Å². The van der Waals surface area contributed by atoms with Gasteiger partial charge in [-0.15, -0.1) is 0 Å². The van der Waals surface area contributed by atoms with Crippen molar-refractivity contribution in [1.82, 2.24) is 39.7 Å². The number of hydrogen-bond acceptors (Lipinski definition) is 11. The number of hydrogen-bond donors (Lipinski definition) is 1. The minimum absolute atomic E-state index is 0.0165. The molecule has 3 aromatic rings. The zero-order valence-electron chi connectivity index (χ0n) is 24.8. The number of rotatable bonds is 8. The Hall–Kier alpha value is -3.87. The molecule has 0 amide bonds. The average molecular weight is 625 g/mol. The molecule has 0 radical (unpaired) electrons. The summed E-state index contributed by atoms with van der Waals surface area (Å²) in [5.41, 5.74) is 1.69. The third-order valence-corrected chi connectivity index (χ3v) is 9.46. The quantitative estimate of drug-likeness (QED) is 0.398. The summed E-state index contributed by atoms with van der Waals surface area (Å²) in [6.07, 6.45) is 3.83. The summed E-state index contributed by atoms with van der Waals surface area (Å²) in [5, 5.41) is 17.5. The van der Waals surface area contributed by atoms with Crippen LogP contribution in [-0.4, -0.2) is 110 Å². The van der Waals surface area contributed by atoms with E-state index in [4.69, 9.17) is 14.6 Å². The summed E-state index contributed by atoms with van der Waals surface area (Å²) in [7, 11) is 0. The van der Waals surface area contributed by atoms with Gasteiger partial charge in [0.2, 0.25) is 11.7 Å². The van der Waals surface area contributed by atoms with Crippen molar-refractivity contribution in [3.63, 3.8) is 0 Å². The molecule has 7 rings (SSSR count). The fraction of sp³-hybridized carbons (Fsp3) is 0.600.